The first-order valence-electron chi connectivity index (χ1n) is 7.00. The summed E-state index contributed by atoms with van der Waals surface area (Å²) in [6.45, 7) is 0. The lowest BCUT2D eigenvalue weighted by molar-refractivity contribution is -0.137. The molecule has 0 fully saturated rings. The monoisotopic (exact) mass is 439 g/mol. The van der Waals surface area contributed by atoms with Gasteiger partial charge in [-0.05, 0) is 12.1 Å². The summed E-state index contributed by atoms with van der Waals surface area (Å²) in [6.07, 6.45) is -2.76. The summed E-state index contributed by atoms with van der Waals surface area (Å²) >= 11 is 11.8. The smallest absolute Gasteiger partial charge is 0.418 e. The zero-order chi connectivity index (χ0) is 20.2. The van der Waals surface area contributed by atoms with Crippen LogP contribution in [0.4, 0.5) is 24.0 Å². The van der Waals surface area contributed by atoms with Gasteiger partial charge in [0.15, 0.2) is 9.97 Å². The van der Waals surface area contributed by atoms with Gasteiger partial charge >= 0.3 is 6.18 Å². The molecule has 0 bridgehead atoms. The van der Waals surface area contributed by atoms with E-state index in [1.54, 1.807) is 5.38 Å². The van der Waals surface area contributed by atoms with Crippen LogP contribution in [0.25, 0.3) is 5.76 Å². The fraction of sp³-hybridized carbons (Fsp3) is 0.133. The van der Waals surface area contributed by atoms with Crippen LogP contribution in [0.1, 0.15) is 11.1 Å². The lowest BCUT2D eigenvalue weighted by Crippen LogP contribution is -2.22. The maximum Gasteiger partial charge on any atom is 0.418 e. The van der Waals surface area contributed by atoms with Crippen LogP contribution in [0.5, 0.6) is 0 Å². The van der Waals surface area contributed by atoms with E-state index >= 15 is 0 Å². The van der Waals surface area contributed by atoms with Crippen molar-refractivity contribution in [3.05, 3.63) is 47.0 Å². The molecule has 0 aliphatic carbocycles. The van der Waals surface area contributed by atoms with Gasteiger partial charge in [0.2, 0.25) is 0 Å². The van der Waals surface area contributed by atoms with Crippen molar-refractivity contribution in [2.45, 2.75) is 11.0 Å². The number of nitrogens with zero attached hydrogens (tertiary/aromatic N) is 1. The van der Waals surface area contributed by atoms with Crippen molar-refractivity contribution in [2.24, 2.45) is 0 Å². The van der Waals surface area contributed by atoms with Gasteiger partial charge in [-0.15, -0.1) is 11.3 Å². The van der Waals surface area contributed by atoms with Gasteiger partial charge in [-0.2, -0.15) is 13.2 Å². The predicted octanol–water partition coefficient (Wildman–Crippen LogP) is 4.44. The Kier molecular flexibility index (Phi) is 6.68. The first-order chi connectivity index (χ1) is 12.6. The molecule has 2 aromatic rings. The molecule has 1 aromatic heterocycles. The molecule has 0 unspecified atom stereocenters. The van der Waals surface area contributed by atoms with Crippen LogP contribution in [0.3, 0.4) is 0 Å². The number of amides is 2. The number of aliphatic hydroxyl groups excluding tert-OH is 1. The fourth-order valence-electron chi connectivity index (χ4n) is 1.94. The van der Waals surface area contributed by atoms with Crippen molar-refractivity contribution < 1.29 is 27.9 Å². The summed E-state index contributed by atoms with van der Waals surface area (Å²) < 4.78 is 39.8. The molecule has 0 radical (unpaired) electrons. The second-order valence-corrected chi connectivity index (χ2v) is 6.86. The number of para-hydroxylation sites is 1. The Morgan fingerprint density at radius 3 is 2.52 bits per heavy atom. The van der Waals surface area contributed by atoms with Crippen molar-refractivity contribution in [1.29, 1.82) is 0 Å². The molecule has 0 aliphatic rings. The molecule has 3 N–H and O–H groups in total. The molecule has 0 saturated heterocycles. The van der Waals surface area contributed by atoms with E-state index in [0.29, 0.717) is 12.1 Å². The number of aromatic nitrogens is 1. The molecule has 6 nitrogen and oxygen atoms in total. The highest BCUT2D eigenvalue weighted by Crippen LogP contribution is 2.38. The number of nitrogens with one attached hydrogen (secondary N) is 2. The average Bonchev–Trinajstić information content (AvgIpc) is 3.06. The Hall–Kier alpha value is -2.30. The van der Waals surface area contributed by atoms with Crippen LogP contribution in [-0.4, -0.2) is 26.7 Å². The van der Waals surface area contributed by atoms with Crippen LogP contribution in [-0.2, 0) is 15.8 Å². The van der Waals surface area contributed by atoms with Gasteiger partial charge < -0.3 is 10.4 Å². The zero-order valence-electron chi connectivity index (χ0n) is 13.1. The zero-order valence-corrected chi connectivity index (χ0v) is 15.4. The molecular weight excluding hydrogens is 430 g/mol. The minimum Gasteiger partial charge on any atom is -0.507 e. The first-order valence-corrected chi connectivity index (χ1v) is 8.75. The standard InChI is InChI=1S/C15H10Cl2F3N3O3S/c16-12(17)13(26)23-11-7(2-1-3-8(11)15(18,19)20)9(24)6-10(25)22-14-21-4-5-27-14/h1-6,12,24H,(H,23,26)(H,21,22,25)/b9-6-. The lowest BCUT2D eigenvalue weighted by atomic mass is 10.0. The van der Waals surface area contributed by atoms with Crippen molar-refractivity contribution in [3.8, 4) is 0 Å². The number of thiazole rings is 1. The molecule has 1 heterocycles. The Bertz CT molecular complexity index is 871. The Labute approximate surface area is 164 Å². The molecule has 12 heteroatoms. The summed E-state index contributed by atoms with van der Waals surface area (Å²) in [6, 6.07) is 2.79. The number of rotatable bonds is 5. The van der Waals surface area contributed by atoms with Crippen LogP contribution in [0.2, 0.25) is 0 Å². The maximum absolute atomic E-state index is 13.3. The number of hydrogen-bond donors (Lipinski definition) is 3. The number of anilines is 2. The average molecular weight is 440 g/mol. The summed E-state index contributed by atoms with van der Waals surface area (Å²) in [5, 5.41) is 16.2. The molecule has 2 rings (SSSR count). The lowest BCUT2D eigenvalue weighted by Gasteiger charge is -2.17. The molecule has 0 saturated carbocycles. The highest BCUT2D eigenvalue weighted by Gasteiger charge is 2.35. The van der Waals surface area contributed by atoms with Crippen molar-refractivity contribution in [1.82, 2.24) is 4.98 Å². The van der Waals surface area contributed by atoms with Crippen LogP contribution in [0, 0.1) is 0 Å². The van der Waals surface area contributed by atoms with Crippen molar-refractivity contribution >= 4 is 62.9 Å². The Balaban J connectivity index is 2.43. The van der Waals surface area contributed by atoms with E-state index < -0.39 is 45.4 Å². The fourth-order valence-corrected chi connectivity index (χ4v) is 2.58. The van der Waals surface area contributed by atoms with E-state index in [0.717, 1.165) is 23.5 Å². The second kappa shape index (κ2) is 8.59. The second-order valence-electron chi connectivity index (χ2n) is 4.87. The number of benzene rings is 1. The number of aliphatic hydroxyl groups is 1. The molecule has 0 atom stereocenters. The largest absolute Gasteiger partial charge is 0.507 e. The quantitative estimate of drug-likeness (QED) is 0.364. The summed E-state index contributed by atoms with van der Waals surface area (Å²) in [7, 11) is 0. The number of hydrogen-bond acceptors (Lipinski definition) is 5. The van der Waals surface area contributed by atoms with Crippen molar-refractivity contribution in [2.75, 3.05) is 10.6 Å². The highest BCUT2D eigenvalue weighted by atomic mass is 35.5. The van der Waals surface area contributed by atoms with Crippen LogP contribution < -0.4 is 10.6 Å². The molecular formula is C15H10Cl2F3N3O3S. The normalized spacial score (nSPS) is 12.1. The van der Waals surface area contributed by atoms with Crippen molar-refractivity contribution in [3.63, 3.8) is 0 Å². The van der Waals surface area contributed by atoms with Gasteiger partial charge in [-0.1, -0.05) is 29.3 Å². The van der Waals surface area contributed by atoms with E-state index in [-0.39, 0.29) is 5.13 Å². The summed E-state index contributed by atoms with van der Waals surface area (Å²) in [5.74, 6) is -2.77. The third-order valence-corrected chi connectivity index (χ3v) is 4.11. The summed E-state index contributed by atoms with van der Waals surface area (Å²) in [5.41, 5.74) is -2.47. The third kappa shape index (κ3) is 5.59. The van der Waals surface area contributed by atoms with E-state index in [1.165, 1.54) is 6.20 Å². The predicted molar refractivity (Wildman–Crippen MR) is 96.9 cm³/mol. The number of carbonyl (C=O) groups is 2. The van der Waals surface area contributed by atoms with Gasteiger partial charge in [0, 0.05) is 23.2 Å². The van der Waals surface area contributed by atoms with Gasteiger partial charge in [0.1, 0.15) is 5.76 Å². The van der Waals surface area contributed by atoms with E-state index in [9.17, 15) is 27.9 Å². The maximum atomic E-state index is 13.3. The highest BCUT2D eigenvalue weighted by molar-refractivity contribution is 7.13. The Morgan fingerprint density at radius 1 is 1.26 bits per heavy atom. The third-order valence-electron chi connectivity index (χ3n) is 3.02. The molecule has 2 amide bonds. The van der Waals surface area contributed by atoms with E-state index in [4.69, 9.17) is 23.2 Å². The molecule has 0 aliphatic heterocycles. The molecule has 1 aromatic carbocycles. The molecule has 27 heavy (non-hydrogen) atoms. The topological polar surface area (TPSA) is 91.3 Å². The van der Waals surface area contributed by atoms with E-state index in [1.807, 2.05) is 5.32 Å². The summed E-state index contributed by atoms with van der Waals surface area (Å²) in [4.78, 5) is 25.7. The van der Waals surface area contributed by atoms with E-state index in [2.05, 4.69) is 10.3 Å². The van der Waals surface area contributed by atoms with Crippen LogP contribution in [0.15, 0.2) is 35.9 Å². The minimum absolute atomic E-state index is 0.230. The Morgan fingerprint density at radius 2 is 1.96 bits per heavy atom. The van der Waals surface area contributed by atoms with Gasteiger partial charge in [-0.3, -0.25) is 14.9 Å². The van der Waals surface area contributed by atoms with Gasteiger partial charge in [0.25, 0.3) is 11.8 Å². The molecule has 144 valence electrons. The number of carbonyl (C=O) groups excluding carboxylic acids is 2. The molecule has 0 spiro atoms. The van der Waals surface area contributed by atoms with Crippen LogP contribution >= 0.6 is 34.5 Å². The SMILES string of the molecule is O=C(/C=C(\O)c1cccc(C(F)(F)F)c1NC(=O)C(Cl)Cl)Nc1nccs1. The van der Waals surface area contributed by atoms with Gasteiger partial charge in [0.05, 0.1) is 11.3 Å². The van der Waals surface area contributed by atoms with Gasteiger partial charge in [-0.25, -0.2) is 4.98 Å². The first kappa shape index (κ1) is 21.0. The minimum atomic E-state index is -4.85. The number of alkyl halides is 5. The number of halogens is 5.